The number of ether oxygens (including phenoxy) is 2. The molecule has 2 atom stereocenters. The lowest BCUT2D eigenvalue weighted by molar-refractivity contribution is -0.161. The molecule has 0 aliphatic rings. The van der Waals surface area contributed by atoms with Gasteiger partial charge in [-0.25, -0.2) is 4.57 Å². The molecule has 75 heavy (non-hydrogen) atoms. The lowest BCUT2D eigenvalue weighted by atomic mass is 10.0. The van der Waals surface area contributed by atoms with E-state index in [1.54, 1.807) is 0 Å². The van der Waals surface area contributed by atoms with Crippen molar-refractivity contribution in [2.45, 2.75) is 264 Å². The first-order chi connectivity index (χ1) is 36.8. The number of allylic oxidation sites excluding steroid dienone is 18. The third-order valence-corrected chi connectivity index (χ3v) is 13.6. The number of carbonyl (C=O) groups is 2. The van der Waals surface area contributed by atoms with Crippen LogP contribution in [0.5, 0.6) is 0 Å². The Balaban J connectivity index is 3.95. The minimum atomic E-state index is -4.40. The van der Waals surface area contributed by atoms with Crippen LogP contribution in [0, 0.1) is 0 Å². The highest BCUT2D eigenvalue weighted by atomic mass is 31.2. The predicted molar refractivity (Wildman–Crippen MR) is 321 cm³/mol. The second-order valence-corrected chi connectivity index (χ2v) is 21.3. The topological polar surface area (TPSA) is 134 Å². The Bertz CT molecular complexity index is 1590. The van der Waals surface area contributed by atoms with E-state index in [0.29, 0.717) is 6.42 Å². The molecule has 0 aliphatic heterocycles. The Kier molecular flexibility index (Phi) is 57.2. The van der Waals surface area contributed by atoms with Crippen molar-refractivity contribution in [2.75, 3.05) is 26.4 Å². The summed E-state index contributed by atoms with van der Waals surface area (Å²) in [6.07, 6.45) is 81.5. The molecule has 0 fully saturated rings. The van der Waals surface area contributed by atoms with E-state index in [2.05, 4.69) is 123 Å². The largest absolute Gasteiger partial charge is 0.472 e. The average molecular weight is 1070 g/mol. The SMILES string of the molecule is CC/C=C\C/C=C\C/C=C\C/C=C\C/C=C\CCCCCCCCCCCCCCCCCC(=O)OC(COC(=O)CCCCCCCCCCCC/C=C\C/C=C\C/C=C\C/C=C\CC)COP(=O)(O)OCCN. The molecule has 0 aromatic heterocycles. The zero-order valence-corrected chi connectivity index (χ0v) is 48.9. The second kappa shape index (κ2) is 59.9. The molecule has 0 saturated heterocycles. The van der Waals surface area contributed by atoms with Gasteiger partial charge < -0.3 is 20.1 Å². The summed E-state index contributed by atoms with van der Waals surface area (Å²) < 4.78 is 33.1. The first-order valence-electron chi connectivity index (χ1n) is 30.4. The summed E-state index contributed by atoms with van der Waals surface area (Å²) in [6.45, 7) is 3.53. The summed E-state index contributed by atoms with van der Waals surface area (Å²) in [5.74, 6) is -0.832. The average Bonchev–Trinajstić information content (AvgIpc) is 3.40. The quantitative estimate of drug-likeness (QED) is 0.0264. The van der Waals surface area contributed by atoms with Gasteiger partial charge in [0.2, 0.25) is 0 Å². The number of unbranched alkanes of at least 4 members (excludes halogenated alkanes) is 25. The van der Waals surface area contributed by atoms with E-state index in [1.807, 2.05) is 0 Å². The summed E-state index contributed by atoms with van der Waals surface area (Å²) >= 11 is 0. The van der Waals surface area contributed by atoms with Crippen LogP contribution in [0.25, 0.3) is 0 Å². The van der Waals surface area contributed by atoms with Gasteiger partial charge in [-0.3, -0.25) is 18.6 Å². The van der Waals surface area contributed by atoms with E-state index in [-0.39, 0.29) is 38.6 Å². The lowest BCUT2D eigenvalue weighted by Crippen LogP contribution is -2.29. The number of nitrogens with two attached hydrogens (primary N) is 1. The smallest absolute Gasteiger partial charge is 0.462 e. The number of carbonyl (C=O) groups excluding carboxylic acids is 2. The third kappa shape index (κ3) is 59.8. The minimum Gasteiger partial charge on any atom is -0.462 e. The fourth-order valence-electron chi connectivity index (χ4n) is 8.24. The standard InChI is InChI=1S/C65H112NO8P/c1-3-5-7-9-11-13-15-17-19-21-23-25-27-28-29-30-31-32-33-34-36-38-40-42-44-46-48-50-52-54-56-58-65(68)74-63(62-73-75(69,70)72-60-59-66)61-71-64(67)57-55-53-51-49-47-45-43-41-39-37-35-26-24-22-20-18-16-14-12-10-8-6-4-2/h5-8,11-14,17-20,23-26,28-29,63H,3-4,9-10,15-16,21-22,27,30-62,66H2,1-2H3,(H,69,70)/b7-5-,8-6-,13-11-,14-12-,19-17-,20-18-,25-23-,26-24-,29-28-. The molecule has 0 spiro atoms. The van der Waals surface area contributed by atoms with Crippen molar-refractivity contribution in [3.63, 3.8) is 0 Å². The zero-order valence-electron chi connectivity index (χ0n) is 48.0. The molecule has 0 saturated carbocycles. The van der Waals surface area contributed by atoms with E-state index < -0.39 is 26.5 Å². The van der Waals surface area contributed by atoms with Gasteiger partial charge in [0.15, 0.2) is 6.10 Å². The number of hydrogen-bond acceptors (Lipinski definition) is 8. The van der Waals surface area contributed by atoms with Gasteiger partial charge in [0.05, 0.1) is 13.2 Å². The van der Waals surface area contributed by atoms with Crippen LogP contribution in [-0.4, -0.2) is 49.3 Å². The third-order valence-electron chi connectivity index (χ3n) is 12.7. The number of phosphoric ester groups is 1. The Morgan fingerprint density at radius 1 is 0.400 bits per heavy atom. The number of esters is 2. The van der Waals surface area contributed by atoms with Crippen molar-refractivity contribution < 1.29 is 37.6 Å². The molecule has 0 heterocycles. The van der Waals surface area contributed by atoms with Gasteiger partial charge in [-0.15, -0.1) is 0 Å². The van der Waals surface area contributed by atoms with Gasteiger partial charge in [-0.1, -0.05) is 258 Å². The van der Waals surface area contributed by atoms with Gasteiger partial charge in [0, 0.05) is 19.4 Å². The van der Waals surface area contributed by atoms with Crippen LogP contribution >= 0.6 is 7.82 Å². The Hall–Kier alpha value is -3.33. The van der Waals surface area contributed by atoms with Crippen LogP contribution in [0.3, 0.4) is 0 Å². The highest BCUT2D eigenvalue weighted by Crippen LogP contribution is 2.43. The van der Waals surface area contributed by atoms with E-state index in [4.69, 9.17) is 24.3 Å². The van der Waals surface area contributed by atoms with Gasteiger partial charge in [-0.05, 0) is 96.3 Å². The number of hydrogen-bond donors (Lipinski definition) is 2. The molecule has 0 aromatic carbocycles. The second-order valence-electron chi connectivity index (χ2n) is 19.8. The van der Waals surface area contributed by atoms with Crippen molar-refractivity contribution in [3.8, 4) is 0 Å². The maximum atomic E-state index is 12.7. The van der Waals surface area contributed by atoms with E-state index in [1.165, 1.54) is 116 Å². The number of rotatable bonds is 56. The molecule has 10 heteroatoms. The molecule has 0 aliphatic carbocycles. The van der Waals surface area contributed by atoms with Crippen LogP contribution in [0.4, 0.5) is 0 Å². The van der Waals surface area contributed by atoms with E-state index in [9.17, 15) is 19.0 Å². The first kappa shape index (κ1) is 71.7. The normalized spacial score (nSPS) is 13.8. The predicted octanol–water partition coefficient (Wildman–Crippen LogP) is 19.4. The molecular formula is C65H112NO8P. The minimum absolute atomic E-state index is 0.0488. The van der Waals surface area contributed by atoms with Crippen molar-refractivity contribution in [2.24, 2.45) is 5.73 Å². The Labute approximate surface area is 460 Å². The van der Waals surface area contributed by atoms with Crippen LogP contribution in [0.15, 0.2) is 109 Å². The Morgan fingerprint density at radius 3 is 1.03 bits per heavy atom. The first-order valence-corrected chi connectivity index (χ1v) is 31.9. The van der Waals surface area contributed by atoms with Crippen molar-refractivity contribution in [1.29, 1.82) is 0 Å². The van der Waals surface area contributed by atoms with Crippen molar-refractivity contribution in [1.82, 2.24) is 0 Å². The van der Waals surface area contributed by atoms with E-state index in [0.717, 1.165) is 109 Å². The summed E-state index contributed by atoms with van der Waals surface area (Å²) in [4.78, 5) is 35.2. The van der Waals surface area contributed by atoms with Crippen LogP contribution in [0.2, 0.25) is 0 Å². The van der Waals surface area contributed by atoms with Crippen LogP contribution < -0.4 is 5.73 Å². The molecule has 0 amide bonds. The molecule has 0 radical (unpaired) electrons. The van der Waals surface area contributed by atoms with Crippen molar-refractivity contribution >= 4 is 19.8 Å². The molecule has 0 bridgehead atoms. The fraction of sp³-hybridized carbons (Fsp3) is 0.692. The highest BCUT2D eigenvalue weighted by molar-refractivity contribution is 7.47. The van der Waals surface area contributed by atoms with Gasteiger partial charge in [0.25, 0.3) is 0 Å². The molecule has 2 unspecified atom stereocenters. The maximum Gasteiger partial charge on any atom is 0.472 e. The molecule has 0 rings (SSSR count). The highest BCUT2D eigenvalue weighted by Gasteiger charge is 2.26. The fourth-order valence-corrected chi connectivity index (χ4v) is 9.01. The van der Waals surface area contributed by atoms with Crippen LogP contribution in [0.1, 0.15) is 258 Å². The monoisotopic (exact) mass is 1070 g/mol. The summed E-state index contributed by atoms with van der Waals surface area (Å²) in [5, 5.41) is 0. The van der Waals surface area contributed by atoms with E-state index >= 15 is 0 Å². The molecule has 3 N–H and O–H groups in total. The van der Waals surface area contributed by atoms with Gasteiger partial charge in [0.1, 0.15) is 6.61 Å². The molecular weight excluding hydrogens is 954 g/mol. The Morgan fingerprint density at radius 2 is 0.693 bits per heavy atom. The summed E-state index contributed by atoms with van der Waals surface area (Å²) in [6, 6.07) is 0. The van der Waals surface area contributed by atoms with Gasteiger partial charge >= 0.3 is 19.8 Å². The zero-order chi connectivity index (χ0) is 54.5. The summed E-state index contributed by atoms with van der Waals surface area (Å²) in [5.41, 5.74) is 5.39. The lowest BCUT2D eigenvalue weighted by Gasteiger charge is -2.19. The molecule has 430 valence electrons. The maximum absolute atomic E-state index is 12.7. The van der Waals surface area contributed by atoms with Crippen molar-refractivity contribution in [3.05, 3.63) is 109 Å². The van der Waals surface area contributed by atoms with Gasteiger partial charge in [-0.2, -0.15) is 0 Å². The molecule has 9 nitrogen and oxygen atoms in total. The summed E-state index contributed by atoms with van der Waals surface area (Å²) in [7, 11) is -4.40. The van der Waals surface area contributed by atoms with Crippen LogP contribution in [-0.2, 0) is 32.7 Å². The number of phosphoric acid groups is 1. The molecule has 0 aromatic rings.